The zero-order chi connectivity index (χ0) is 17.8. The summed E-state index contributed by atoms with van der Waals surface area (Å²) in [6.07, 6.45) is 2.03. The van der Waals surface area contributed by atoms with Crippen LogP contribution in [-0.2, 0) is 0 Å². The van der Waals surface area contributed by atoms with E-state index in [1.165, 1.54) is 0 Å². The molecular formula is C20H21ClN2O2. The molecule has 25 heavy (non-hydrogen) atoms. The lowest BCUT2D eigenvalue weighted by molar-refractivity contribution is 0.0698. The molecule has 1 saturated heterocycles. The summed E-state index contributed by atoms with van der Waals surface area (Å²) >= 11 is 6.09. The van der Waals surface area contributed by atoms with Crippen LogP contribution >= 0.6 is 11.6 Å². The monoisotopic (exact) mass is 356 g/mol. The van der Waals surface area contributed by atoms with E-state index in [-0.39, 0.29) is 11.8 Å². The molecule has 1 N–H and O–H groups in total. The van der Waals surface area contributed by atoms with Crippen LogP contribution in [0.4, 0.5) is 5.69 Å². The predicted molar refractivity (Wildman–Crippen MR) is 100 cm³/mol. The van der Waals surface area contributed by atoms with E-state index in [1.807, 2.05) is 11.0 Å². The van der Waals surface area contributed by atoms with E-state index >= 15 is 0 Å². The number of hydrogen-bond donors (Lipinski definition) is 1. The Morgan fingerprint density at radius 1 is 1.00 bits per heavy atom. The van der Waals surface area contributed by atoms with Crippen molar-refractivity contribution in [1.82, 2.24) is 4.90 Å². The number of likely N-dealkylation sites (tertiary alicyclic amines) is 1. The minimum Gasteiger partial charge on any atom is -0.339 e. The van der Waals surface area contributed by atoms with Crippen molar-refractivity contribution in [3.05, 3.63) is 64.7 Å². The van der Waals surface area contributed by atoms with E-state index in [0.717, 1.165) is 25.9 Å². The fourth-order valence-corrected chi connectivity index (χ4v) is 3.22. The van der Waals surface area contributed by atoms with Gasteiger partial charge in [-0.15, -0.1) is 0 Å². The molecule has 0 spiro atoms. The molecule has 0 aromatic heterocycles. The number of nitrogens with zero attached hydrogens (tertiary/aromatic N) is 1. The second-order valence-electron chi connectivity index (χ2n) is 6.45. The van der Waals surface area contributed by atoms with Crippen LogP contribution in [0.25, 0.3) is 0 Å². The van der Waals surface area contributed by atoms with Crippen molar-refractivity contribution in [3.8, 4) is 0 Å². The maximum absolute atomic E-state index is 12.9. The number of hydrogen-bond acceptors (Lipinski definition) is 2. The lowest BCUT2D eigenvalue weighted by Crippen LogP contribution is -2.38. The number of nitrogens with one attached hydrogen (secondary N) is 1. The van der Waals surface area contributed by atoms with Crippen molar-refractivity contribution in [3.63, 3.8) is 0 Å². The standard InChI is InChI=1S/C20H21ClN2O2/c1-14-10-12-23(13-11-14)20(25)16-7-3-5-9-18(16)22-19(24)15-6-2-4-8-17(15)21/h2-9,14H,10-13H2,1H3,(H,22,24). The Morgan fingerprint density at radius 3 is 2.28 bits per heavy atom. The van der Waals surface area contributed by atoms with Gasteiger partial charge in [0, 0.05) is 13.1 Å². The normalized spacial score (nSPS) is 15.0. The van der Waals surface area contributed by atoms with Gasteiger partial charge in [-0.1, -0.05) is 42.8 Å². The largest absolute Gasteiger partial charge is 0.339 e. The predicted octanol–water partition coefficient (Wildman–Crippen LogP) is 4.46. The zero-order valence-corrected chi connectivity index (χ0v) is 14.9. The number of piperidine rings is 1. The number of para-hydroxylation sites is 1. The fraction of sp³-hybridized carbons (Fsp3) is 0.300. The first-order valence-corrected chi connectivity index (χ1v) is 8.88. The van der Waals surface area contributed by atoms with Gasteiger partial charge in [0.2, 0.25) is 0 Å². The van der Waals surface area contributed by atoms with Gasteiger partial charge in [0.15, 0.2) is 0 Å². The van der Waals surface area contributed by atoms with Crippen molar-refractivity contribution in [1.29, 1.82) is 0 Å². The molecular weight excluding hydrogens is 336 g/mol. The first-order chi connectivity index (χ1) is 12.1. The highest BCUT2D eigenvalue weighted by molar-refractivity contribution is 6.34. The number of carbonyl (C=O) groups excluding carboxylic acids is 2. The first kappa shape index (κ1) is 17.5. The maximum Gasteiger partial charge on any atom is 0.257 e. The van der Waals surface area contributed by atoms with Crippen LogP contribution in [0.2, 0.25) is 5.02 Å². The van der Waals surface area contributed by atoms with Crippen molar-refractivity contribution in [2.24, 2.45) is 5.92 Å². The molecule has 1 heterocycles. The molecule has 2 aromatic rings. The van der Waals surface area contributed by atoms with Gasteiger partial charge < -0.3 is 10.2 Å². The molecule has 2 amide bonds. The fourth-order valence-electron chi connectivity index (χ4n) is 3.00. The smallest absolute Gasteiger partial charge is 0.257 e. The Hall–Kier alpha value is -2.33. The van der Waals surface area contributed by atoms with Gasteiger partial charge in [-0.3, -0.25) is 9.59 Å². The van der Waals surface area contributed by atoms with Gasteiger partial charge in [-0.25, -0.2) is 0 Å². The Morgan fingerprint density at radius 2 is 1.60 bits per heavy atom. The molecule has 0 saturated carbocycles. The van der Waals surface area contributed by atoms with Gasteiger partial charge >= 0.3 is 0 Å². The van der Waals surface area contributed by atoms with Crippen molar-refractivity contribution < 1.29 is 9.59 Å². The molecule has 0 atom stereocenters. The van der Waals surface area contributed by atoms with Crippen molar-refractivity contribution in [2.45, 2.75) is 19.8 Å². The minimum atomic E-state index is -0.321. The van der Waals surface area contributed by atoms with Crippen LogP contribution < -0.4 is 5.32 Å². The van der Waals surface area contributed by atoms with Crippen LogP contribution in [0, 0.1) is 5.92 Å². The molecule has 0 bridgehead atoms. The topological polar surface area (TPSA) is 49.4 Å². The molecule has 0 unspecified atom stereocenters. The highest BCUT2D eigenvalue weighted by Gasteiger charge is 2.23. The summed E-state index contributed by atoms with van der Waals surface area (Å²) in [5.74, 6) is 0.291. The molecule has 0 radical (unpaired) electrons. The number of amides is 2. The summed E-state index contributed by atoms with van der Waals surface area (Å²) < 4.78 is 0. The quantitative estimate of drug-likeness (QED) is 0.882. The molecule has 5 heteroatoms. The minimum absolute atomic E-state index is 0.0399. The summed E-state index contributed by atoms with van der Waals surface area (Å²) in [4.78, 5) is 27.2. The molecule has 4 nitrogen and oxygen atoms in total. The van der Waals surface area contributed by atoms with Gasteiger partial charge in [-0.2, -0.15) is 0 Å². The highest BCUT2D eigenvalue weighted by atomic mass is 35.5. The second kappa shape index (κ2) is 7.70. The summed E-state index contributed by atoms with van der Waals surface area (Å²) in [5, 5.41) is 3.21. The maximum atomic E-state index is 12.9. The Labute approximate surface area is 152 Å². The zero-order valence-electron chi connectivity index (χ0n) is 14.2. The Kier molecular flexibility index (Phi) is 5.39. The lowest BCUT2D eigenvalue weighted by Gasteiger charge is -2.30. The average molecular weight is 357 g/mol. The van der Waals surface area contributed by atoms with Gasteiger partial charge in [0.05, 0.1) is 21.8 Å². The summed E-state index contributed by atoms with van der Waals surface area (Å²) in [6.45, 7) is 3.72. The molecule has 1 fully saturated rings. The van der Waals surface area contributed by atoms with Crippen LogP contribution in [0.15, 0.2) is 48.5 Å². The highest BCUT2D eigenvalue weighted by Crippen LogP contribution is 2.23. The molecule has 0 aliphatic carbocycles. The van der Waals surface area contributed by atoms with E-state index < -0.39 is 0 Å². The van der Waals surface area contributed by atoms with Gasteiger partial charge in [0.1, 0.15) is 0 Å². The Bertz CT molecular complexity index is 783. The summed E-state index contributed by atoms with van der Waals surface area (Å²) in [5.41, 5.74) is 1.41. The van der Waals surface area contributed by atoms with Crippen LogP contribution in [0.1, 0.15) is 40.5 Å². The number of halogens is 1. The SMILES string of the molecule is CC1CCN(C(=O)c2ccccc2NC(=O)c2ccccc2Cl)CC1. The van der Waals surface area contributed by atoms with Crippen LogP contribution in [-0.4, -0.2) is 29.8 Å². The number of anilines is 1. The molecule has 1 aliphatic heterocycles. The number of rotatable bonds is 3. The van der Waals surface area contributed by atoms with Crippen LogP contribution in [0.3, 0.4) is 0 Å². The van der Waals surface area contributed by atoms with E-state index in [2.05, 4.69) is 12.2 Å². The number of carbonyl (C=O) groups is 2. The first-order valence-electron chi connectivity index (χ1n) is 8.50. The van der Waals surface area contributed by atoms with E-state index in [9.17, 15) is 9.59 Å². The lowest BCUT2D eigenvalue weighted by atomic mass is 9.98. The summed E-state index contributed by atoms with van der Waals surface area (Å²) in [7, 11) is 0. The molecule has 1 aliphatic rings. The summed E-state index contributed by atoms with van der Waals surface area (Å²) in [6, 6.07) is 14.0. The average Bonchev–Trinajstić information content (AvgIpc) is 2.62. The third-order valence-corrected chi connectivity index (χ3v) is 4.92. The third kappa shape index (κ3) is 4.02. The second-order valence-corrected chi connectivity index (χ2v) is 6.86. The van der Waals surface area contributed by atoms with Crippen LogP contribution in [0.5, 0.6) is 0 Å². The van der Waals surface area contributed by atoms with E-state index in [4.69, 9.17) is 11.6 Å². The number of benzene rings is 2. The van der Waals surface area contributed by atoms with E-state index in [1.54, 1.807) is 42.5 Å². The molecule has 130 valence electrons. The van der Waals surface area contributed by atoms with Gasteiger partial charge in [-0.05, 0) is 43.0 Å². The Balaban J connectivity index is 1.80. The van der Waals surface area contributed by atoms with Crippen molar-refractivity contribution in [2.75, 3.05) is 18.4 Å². The molecule has 2 aromatic carbocycles. The van der Waals surface area contributed by atoms with E-state index in [0.29, 0.717) is 27.8 Å². The third-order valence-electron chi connectivity index (χ3n) is 4.60. The van der Waals surface area contributed by atoms with Gasteiger partial charge in [0.25, 0.3) is 11.8 Å². The van der Waals surface area contributed by atoms with Crippen molar-refractivity contribution >= 4 is 29.1 Å². The molecule has 3 rings (SSSR count).